The molecule has 0 fully saturated rings. The maximum atomic E-state index is 12.6. The van der Waals surface area contributed by atoms with E-state index in [2.05, 4.69) is 0 Å². The number of nitrogens with zero attached hydrogens (tertiary/aromatic N) is 1. The highest BCUT2D eigenvalue weighted by atomic mass is 16.7. The Labute approximate surface area is 148 Å². The van der Waals surface area contributed by atoms with E-state index in [1.54, 1.807) is 4.90 Å². The predicted octanol–water partition coefficient (Wildman–Crippen LogP) is 2.37. The molecule has 0 saturated carbocycles. The molecule has 2 N–H and O–H groups in total. The van der Waals surface area contributed by atoms with Crippen LogP contribution in [0.5, 0.6) is 11.5 Å². The number of amides is 1. The van der Waals surface area contributed by atoms with Gasteiger partial charge in [0.1, 0.15) is 0 Å². The Morgan fingerprint density at radius 3 is 2.56 bits per heavy atom. The fourth-order valence-electron chi connectivity index (χ4n) is 2.98. The topological polar surface area (TPSA) is 64.8 Å². The van der Waals surface area contributed by atoms with Gasteiger partial charge in [-0.15, -0.1) is 0 Å². The molecule has 0 bridgehead atoms. The van der Waals surface area contributed by atoms with Crippen molar-refractivity contribution in [3.63, 3.8) is 0 Å². The van der Waals surface area contributed by atoms with Crippen LogP contribution in [0.2, 0.25) is 0 Å². The van der Waals surface area contributed by atoms with Crippen LogP contribution in [0.4, 0.5) is 0 Å². The normalized spacial score (nSPS) is 14.8. The van der Waals surface area contributed by atoms with Gasteiger partial charge in [-0.3, -0.25) is 4.79 Å². The lowest BCUT2D eigenvalue weighted by atomic mass is 10.0. The molecule has 132 valence electrons. The molecule has 5 nitrogen and oxygen atoms in total. The minimum absolute atomic E-state index is 0.0368. The summed E-state index contributed by atoms with van der Waals surface area (Å²) in [4.78, 5) is 14.4. The maximum Gasteiger partial charge on any atom is 0.239 e. The standard InChI is InChI=1S/C20H24N2O3/c1-14(10-16-8-9-18-19(12-16)25-13-24-18)22(2)20(23)17(21)11-15-6-4-3-5-7-15/h3-9,12,14,17H,10-11,13,21H2,1-2H3/t14?,17-/m0/s1. The van der Waals surface area contributed by atoms with Crippen molar-refractivity contribution < 1.29 is 14.3 Å². The second kappa shape index (κ2) is 7.57. The lowest BCUT2D eigenvalue weighted by molar-refractivity contribution is -0.133. The van der Waals surface area contributed by atoms with Crippen molar-refractivity contribution in [1.82, 2.24) is 4.90 Å². The number of nitrogens with two attached hydrogens (primary N) is 1. The number of likely N-dealkylation sites (N-methyl/N-ethyl adjacent to an activating group) is 1. The Kier molecular flexibility index (Phi) is 5.24. The molecular weight excluding hydrogens is 316 g/mol. The van der Waals surface area contributed by atoms with Crippen LogP contribution in [0.25, 0.3) is 0 Å². The number of hydrogen-bond acceptors (Lipinski definition) is 4. The van der Waals surface area contributed by atoms with E-state index >= 15 is 0 Å². The molecule has 0 aliphatic carbocycles. The summed E-state index contributed by atoms with van der Waals surface area (Å²) in [5.41, 5.74) is 8.30. The van der Waals surface area contributed by atoms with Gasteiger partial charge in [-0.1, -0.05) is 36.4 Å². The Morgan fingerprint density at radius 1 is 1.08 bits per heavy atom. The number of carbonyl (C=O) groups excluding carboxylic acids is 1. The van der Waals surface area contributed by atoms with Crippen LogP contribution in [-0.4, -0.2) is 36.7 Å². The average Bonchev–Trinajstić information content (AvgIpc) is 3.09. The quantitative estimate of drug-likeness (QED) is 0.877. The summed E-state index contributed by atoms with van der Waals surface area (Å²) in [6.45, 7) is 2.29. The van der Waals surface area contributed by atoms with Crippen LogP contribution < -0.4 is 15.2 Å². The molecule has 1 unspecified atom stereocenters. The zero-order chi connectivity index (χ0) is 17.8. The van der Waals surface area contributed by atoms with Gasteiger partial charge < -0.3 is 20.1 Å². The van der Waals surface area contributed by atoms with Gasteiger partial charge in [0.15, 0.2) is 11.5 Å². The number of carbonyl (C=O) groups is 1. The van der Waals surface area contributed by atoms with Gasteiger partial charge >= 0.3 is 0 Å². The third-order valence-electron chi connectivity index (χ3n) is 4.59. The molecule has 2 atom stereocenters. The number of benzene rings is 2. The number of hydrogen-bond donors (Lipinski definition) is 1. The highest BCUT2D eigenvalue weighted by molar-refractivity contribution is 5.82. The second-order valence-corrected chi connectivity index (χ2v) is 6.49. The zero-order valence-corrected chi connectivity index (χ0v) is 14.6. The maximum absolute atomic E-state index is 12.6. The van der Waals surface area contributed by atoms with Gasteiger partial charge in [-0.25, -0.2) is 0 Å². The summed E-state index contributed by atoms with van der Waals surface area (Å²) in [5.74, 6) is 1.49. The molecule has 0 spiro atoms. The molecule has 1 amide bonds. The van der Waals surface area contributed by atoms with Crippen molar-refractivity contribution in [2.75, 3.05) is 13.8 Å². The molecular formula is C20H24N2O3. The smallest absolute Gasteiger partial charge is 0.239 e. The minimum atomic E-state index is -0.536. The first kappa shape index (κ1) is 17.3. The van der Waals surface area contributed by atoms with Gasteiger partial charge in [-0.05, 0) is 43.0 Å². The van der Waals surface area contributed by atoms with E-state index in [-0.39, 0.29) is 18.7 Å². The van der Waals surface area contributed by atoms with E-state index in [1.807, 2.05) is 62.5 Å². The summed E-state index contributed by atoms with van der Waals surface area (Å²) in [6.07, 6.45) is 1.28. The summed E-state index contributed by atoms with van der Waals surface area (Å²) in [6, 6.07) is 15.2. The van der Waals surface area contributed by atoms with Crippen molar-refractivity contribution in [1.29, 1.82) is 0 Å². The summed E-state index contributed by atoms with van der Waals surface area (Å²) in [5, 5.41) is 0. The minimum Gasteiger partial charge on any atom is -0.454 e. The molecule has 1 aliphatic heterocycles. The first-order valence-electron chi connectivity index (χ1n) is 8.49. The van der Waals surface area contributed by atoms with Gasteiger partial charge in [0.25, 0.3) is 0 Å². The lowest BCUT2D eigenvalue weighted by Gasteiger charge is -2.28. The monoisotopic (exact) mass is 340 g/mol. The number of rotatable bonds is 6. The molecule has 3 rings (SSSR count). The number of fused-ring (bicyclic) bond motifs is 1. The largest absolute Gasteiger partial charge is 0.454 e. The Bertz CT molecular complexity index is 733. The van der Waals surface area contributed by atoms with E-state index < -0.39 is 6.04 Å². The van der Waals surface area contributed by atoms with Gasteiger partial charge in [-0.2, -0.15) is 0 Å². The first-order valence-corrected chi connectivity index (χ1v) is 8.49. The van der Waals surface area contributed by atoms with Gasteiger partial charge in [0.2, 0.25) is 12.7 Å². The van der Waals surface area contributed by atoms with E-state index in [0.717, 1.165) is 29.0 Å². The van der Waals surface area contributed by atoms with E-state index in [1.165, 1.54) is 0 Å². The van der Waals surface area contributed by atoms with Crippen molar-refractivity contribution >= 4 is 5.91 Å². The third-order valence-corrected chi connectivity index (χ3v) is 4.59. The van der Waals surface area contributed by atoms with Crippen molar-refractivity contribution in [2.45, 2.75) is 31.8 Å². The van der Waals surface area contributed by atoms with Crippen molar-refractivity contribution in [2.24, 2.45) is 5.73 Å². The van der Waals surface area contributed by atoms with Crippen LogP contribution in [-0.2, 0) is 17.6 Å². The van der Waals surface area contributed by atoms with Crippen LogP contribution in [0.3, 0.4) is 0 Å². The molecule has 2 aromatic rings. The molecule has 25 heavy (non-hydrogen) atoms. The highest BCUT2D eigenvalue weighted by Gasteiger charge is 2.23. The van der Waals surface area contributed by atoms with E-state index in [4.69, 9.17) is 15.2 Å². The second-order valence-electron chi connectivity index (χ2n) is 6.49. The zero-order valence-electron chi connectivity index (χ0n) is 14.6. The first-order chi connectivity index (χ1) is 12.0. The van der Waals surface area contributed by atoms with E-state index in [0.29, 0.717) is 6.42 Å². The van der Waals surface area contributed by atoms with Crippen LogP contribution in [0, 0.1) is 0 Å². The summed E-state index contributed by atoms with van der Waals surface area (Å²) in [7, 11) is 1.81. The SMILES string of the molecule is CC(Cc1ccc2c(c1)OCO2)N(C)C(=O)[C@@H](N)Cc1ccccc1. The predicted molar refractivity (Wildman–Crippen MR) is 96.6 cm³/mol. The molecule has 5 heteroatoms. The Morgan fingerprint density at radius 2 is 1.80 bits per heavy atom. The summed E-state index contributed by atoms with van der Waals surface area (Å²) >= 11 is 0. The molecule has 0 saturated heterocycles. The van der Waals surface area contributed by atoms with Crippen molar-refractivity contribution in [3.05, 3.63) is 59.7 Å². The van der Waals surface area contributed by atoms with Crippen LogP contribution in [0.15, 0.2) is 48.5 Å². The molecule has 0 radical (unpaired) electrons. The van der Waals surface area contributed by atoms with Crippen LogP contribution in [0.1, 0.15) is 18.1 Å². The Hall–Kier alpha value is -2.53. The highest BCUT2D eigenvalue weighted by Crippen LogP contribution is 2.32. The van der Waals surface area contributed by atoms with Gasteiger partial charge in [0.05, 0.1) is 6.04 Å². The Balaban J connectivity index is 1.59. The third kappa shape index (κ3) is 4.12. The van der Waals surface area contributed by atoms with E-state index in [9.17, 15) is 4.79 Å². The number of ether oxygens (including phenoxy) is 2. The van der Waals surface area contributed by atoms with Crippen LogP contribution >= 0.6 is 0 Å². The molecule has 2 aromatic carbocycles. The molecule has 0 aromatic heterocycles. The van der Waals surface area contributed by atoms with Gasteiger partial charge in [0, 0.05) is 13.1 Å². The fourth-order valence-corrected chi connectivity index (χ4v) is 2.98. The lowest BCUT2D eigenvalue weighted by Crippen LogP contribution is -2.47. The van der Waals surface area contributed by atoms with Crippen molar-refractivity contribution in [3.8, 4) is 11.5 Å². The average molecular weight is 340 g/mol. The molecule has 1 heterocycles. The molecule has 1 aliphatic rings. The summed E-state index contributed by atoms with van der Waals surface area (Å²) < 4.78 is 10.7. The fraction of sp³-hybridized carbons (Fsp3) is 0.350.